The normalized spacial score (nSPS) is 20.4. The number of hydrogen-bond acceptors (Lipinski definition) is 3. The molecule has 1 aromatic carbocycles. The van der Waals surface area contributed by atoms with Crippen LogP contribution in [0.3, 0.4) is 0 Å². The van der Waals surface area contributed by atoms with E-state index >= 15 is 0 Å². The number of hydrogen-bond donors (Lipinski definition) is 2. The summed E-state index contributed by atoms with van der Waals surface area (Å²) < 4.78 is 39.8. The highest BCUT2D eigenvalue weighted by molar-refractivity contribution is 5.86. The molecule has 1 aliphatic rings. The first-order chi connectivity index (χ1) is 11.3. The number of nitrogens with zero attached hydrogens (tertiary/aromatic N) is 1. The first kappa shape index (κ1) is 16.8. The second-order valence-electron chi connectivity index (χ2n) is 6.27. The van der Waals surface area contributed by atoms with Gasteiger partial charge in [0.05, 0.1) is 17.7 Å². The lowest BCUT2D eigenvalue weighted by Gasteiger charge is -2.39. The van der Waals surface area contributed by atoms with E-state index in [1.807, 2.05) is 4.90 Å². The van der Waals surface area contributed by atoms with Gasteiger partial charge in [-0.05, 0) is 44.4 Å². The minimum atomic E-state index is -4.60. The van der Waals surface area contributed by atoms with Gasteiger partial charge in [0.2, 0.25) is 5.56 Å². The van der Waals surface area contributed by atoms with Crippen molar-refractivity contribution in [3.63, 3.8) is 0 Å². The highest BCUT2D eigenvalue weighted by atomic mass is 19.4. The lowest BCUT2D eigenvalue weighted by Crippen LogP contribution is -2.45. The third-order valence-corrected chi connectivity index (χ3v) is 4.57. The third kappa shape index (κ3) is 3.13. The third-order valence-electron chi connectivity index (χ3n) is 4.57. The van der Waals surface area contributed by atoms with Gasteiger partial charge in [-0.1, -0.05) is 0 Å². The highest BCUT2D eigenvalue weighted by Gasteiger charge is 2.34. The number of aromatic nitrogens is 1. The van der Waals surface area contributed by atoms with Crippen molar-refractivity contribution in [3.05, 3.63) is 40.2 Å². The van der Waals surface area contributed by atoms with E-state index in [1.54, 1.807) is 13.0 Å². The molecular formula is C17H19F3N2O2. The molecule has 2 atom stereocenters. The van der Waals surface area contributed by atoms with E-state index in [-0.39, 0.29) is 16.9 Å². The first-order valence-electron chi connectivity index (χ1n) is 7.96. The Morgan fingerprint density at radius 1 is 1.29 bits per heavy atom. The van der Waals surface area contributed by atoms with Crippen molar-refractivity contribution in [3.8, 4) is 0 Å². The van der Waals surface area contributed by atoms with Crippen LogP contribution in [0.2, 0.25) is 0 Å². The number of anilines is 1. The fourth-order valence-electron chi connectivity index (χ4n) is 3.43. The van der Waals surface area contributed by atoms with Crippen molar-refractivity contribution in [2.45, 2.75) is 44.5 Å². The SMILES string of the molecule is CC(O)[C@H]1CCCCN1c1ccc2[nH]c(=O)cc(C(F)(F)F)c2c1. The summed E-state index contributed by atoms with van der Waals surface area (Å²) >= 11 is 0. The first-order valence-corrected chi connectivity index (χ1v) is 7.96. The van der Waals surface area contributed by atoms with E-state index in [2.05, 4.69) is 4.98 Å². The zero-order chi connectivity index (χ0) is 17.5. The summed E-state index contributed by atoms with van der Waals surface area (Å²) in [5, 5.41) is 9.94. The molecule has 1 unspecified atom stereocenters. The van der Waals surface area contributed by atoms with Gasteiger partial charge in [0.1, 0.15) is 0 Å². The number of halogens is 3. The van der Waals surface area contributed by atoms with Crippen LogP contribution in [0, 0.1) is 0 Å². The second-order valence-corrected chi connectivity index (χ2v) is 6.27. The summed E-state index contributed by atoms with van der Waals surface area (Å²) in [5.74, 6) is 0. The monoisotopic (exact) mass is 340 g/mol. The molecule has 0 bridgehead atoms. The minimum Gasteiger partial charge on any atom is -0.391 e. The molecule has 2 heterocycles. The number of aliphatic hydroxyl groups excluding tert-OH is 1. The molecule has 1 fully saturated rings. The van der Waals surface area contributed by atoms with Gasteiger partial charge in [0.25, 0.3) is 0 Å². The summed E-state index contributed by atoms with van der Waals surface area (Å²) in [5.41, 5.74) is -0.925. The van der Waals surface area contributed by atoms with Crippen LogP contribution >= 0.6 is 0 Å². The number of pyridine rings is 1. The lowest BCUT2D eigenvalue weighted by atomic mass is 9.96. The lowest BCUT2D eigenvalue weighted by molar-refractivity contribution is -0.136. The summed E-state index contributed by atoms with van der Waals surface area (Å²) in [7, 11) is 0. The smallest absolute Gasteiger partial charge is 0.391 e. The van der Waals surface area contributed by atoms with Crippen molar-refractivity contribution >= 4 is 16.6 Å². The summed E-state index contributed by atoms with van der Waals surface area (Å²) in [6, 6.07) is 5.12. The molecule has 1 aromatic heterocycles. The number of aliphatic hydroxyl groups is 1. The predicted molar refractivity (Wildman–Crippen MR) is 86.2 cm³/mol. The number of benzene rings is 1. The van der Waals surface area contributed by atoms with E-state index in [0.29, 0.717) is 18.3 Å². The van der Waals surface area contributed by atoms with Crippen LogP contribution < -0.4 is 10.5 Å². The highest BCUT2D eigenvalue weighted by Crippen LogP contribution is 2.36. The second kappa shape index (κ2) is 6.12. The molecule has 0 amide bonds. The number of aromatic amines is 1. The molecule has 2 N–H and O–H groups in total. The molecule has 1 saturated heterocycles. The van der Waals surface area contributed by atoms with Crippen molar-refractivity contribution in [2.75, 3.05) is 11.4 Å². The van der Waals surface area contributed by atoms with Crippen molar-refractivity contribution in [2.24, 2.45) is 0 Å². The van der Waals surface area contributed by atoms with Gasteiger partial charge in [0, 0.05) is 29.2 Å². The average Bonchev–Trinajstić information content (AvgIpc) is 2.52. The minimum absolute atomic E-state index is 0.0329. The van der Waals surface area contributed by atoms with Crippen LogP contribution in [0.5, 0.6) is 0 Å². The summed E-state index contributed by atoms with van der Waals surface area (Å²) in [6.07, 6.45) is -2.46. The standard InChI is InChI=1S/C17H19F3N2O2/c1-10(23)15-4-2-3-7-22(15)11-5-6-14-12(8-11)13(17(18,19)20)9-16(24)21-14/h5-6,8-10,15,23H,2-4,7H2,1H3,(H,21,24)/t10?,15-/m1/s1. The largest absolute Gasteiger partial charge is 0.417 e. The Balaban J connectivity index is 2.14. The number of piperidine rings is 1. The van der Waals surface area contributed by atoms with Crippen LogP contribution in [-0.2, 0) is 6.18 Å². The van der Waals surface area contributed by atoms with Crippen LogP contribution in [0.15, 0.2) is 29.1 Å². The van der Waals surface area contributed by atoms with Crippen molar-refractivity contribution in [1.29, 1.82) is 0 Å². The predicted octanol–water partition coefficient (Wildman–Crippen LogP) is 3.29. The molecule has 24 heavy (non-hydrogen) atoms. The number of H-pyrrole nitrogens is 1. The molecule has 0 spiro atoms. The molecule has 130 valence electrons. The van der Waals surface area contributed by atoms with Gasteiger partial charge in [0.15, 0.2) is 0 Å². The molecule has 7 heteroatoms. The number of fused-ring (bicyclic) bond motifs is 1. The maximum atomic E-state index is 13.3. The van der Waals surface area contributed by atoms with Crippen molar-refractivity contribution < 1.29 is 18.3 Å². The summed E-state index contributed by atoms with van der Waals surface area (Å²) in [4.78, 5) is 15.9. The molecule has 1 aliphatic heterocycles. The number of rotatable bonds is 2. The number of alkyl halides is 3. The van der Waals surface area contributed by atoms with Gasteiger partial charge in [-0.15, -0.1) is 0 Å². The van der Waals surface area contributed by atoms with Gasteiger partial charge in [-0.25, -0.2) is 0 Å². The van der Waals surface area contributed by atoms with Crippen LogP contribution in [0.4, 0.5) is 18.9 Å². The molecule has 3 rings (SSSR count). The van der Waals surface area contributed by atoms with Gasteiger partial charge in [-0.2, -0.15) is 13.2 Å². The van der Waals surface area contributed by atoms with Crippen LogP contribution in [-0.4, -0.2) is 28.8 Å². The van der Waals surface area contributed by atoms with Gasteiger partial charge in [-0.3, -0.25) is 4.79 Å². The van der Waals surface area contributed by atoms with Crippen LogP contribution in [0.25, 0.3) is 10.9 Å². The fourth-order valence-corrected chi connectivity index (χ4v) is 3.43. The van der Waals surface area contributed by atoms with Crippen molar-refractivity contribution in [1.82, 2.24) is 4.98 Å². The van der Waals surface area contributed by atoms with E-state index in [0.717, 1.165) is 19.3 Å². The molecule has 0 radical (unpaired) electrons. The zero-order valence-corrected chi connectivity index (χ0v) is 13.2. The Hall–Kier alpha value is -2.02. The Morgan fingerprint density at radius 2 is 2.04 bits per heavy atom. The Kier molecular flexibility index (Phi) is 4.29. The van der Waals surface area contributed by atoms with Gasteiger partial charge < -0.3 is 15.0 Å². The zero-order valence-electron chi connectivity index (χ0n) is 13.2. The topological polar surface area (TPSA) is 56.3 Å². The number of nitrogens with one attached hydrogen (secondary N) is 1. The Bertz CT molecular complexity index is 799. The fraction of sp³-hybridized carbons (Fsp3) is 0.471. The van der Waals surface area contributed by atoms with E-state index in [9.17, 15) is 23.1 Å². The van der Waals surface area contributed by atoms with E-state index in [1.165, 1.54) is 12.1 Å². The quantitative estimate of drug-likeness (QED) is 0.882. The molecule has 4 nitrogen and oxygen atoms in total. The maximum Gasteiger partial charge on any atom is 0.417 e. The van der Waals surface area contributed by atoms with Gasteiger partial charge >= 0.3 is 6.18 Å². The Morgan fingerprint density at radius 3 is 2.71 bits per heavy atom. The summed E-state index contributed by atoms with van der Waals surface area (Å²) in [6.45, 7) is 2.38. The molecule has 2 aromatic rings. The average molecular weight is 340 g/mol. The Labute approximate surface area is 136 Å². The van der Waals surface area contributed by atoms with Crippen LogP contribution in [0.1, 0.15) is 31.7 Å². The van der Waals surface area contributed by atoms with E-state index in [4.69, 9.17) is 0 Å². The maximum absolute atomic E-state index is 13.3. The molecule has 0 saturated carbocycles. The van der Waals surface area contributed by atoms with E-state index < -0.39 is 23.4 Å². The molecular weight excluding hydrogens is 321 g/mol. The molecule has 0 aliphatic carbocycles.